The first-order valence-corrected chi connectivity index (χ1v) is 4.44. The summed E-state index contributed by atoms with van der Waals surface area (Å²) in [5, 5.41) is 0. The van der Waals surface area contributed by atoms with Crippen LogP contribution in [-0.4, -0.2) is 5.75 Å². The number of halogens is 3. The summed E-state index contributed by atoms with van der Waals surface area (Å²) in [6, 6.07) is 4.25. The Hall–Kier alpha value is -0.640. The summed E-state index contributed by atoms with van der Waals surface area (Å²) in [6.45, 7) is 0. The fraction of sp³-hybridized carbons (Fsp3) is 0.333. The van der Waals surface area contributed by atoms with Gasteiger partial charge >= 0.3 is 0 Å². The number of hydrogen-bond donors (Lipinski definition) is 1. The molecule has 0 unspecified atom stereocenters. The van der Waals surface area contributed by atoms with Gasteiger partial charge in [0.25, 0.3) is 5.92 Å². The summed E-state index contributed by atoms with van der Waals surface area (Å²) in [6.07, 6.45) is -0.332. The molecule has 1 rings (SSSR count). The van der Waals surface area contributed by atoms with Crippen molar-refractivity contribution in [2.45, 2.75) is 12.3 Å². The summed E-state index contributed by atoms with van der Waals surface area (Å²) in [5.74, 6) is -3.31. The van der Waals surface area contributed by atoms with E-state index in [4.69, 9.17) is 0 Å². The summed E-state index contributed by atoms with van der Waals surface area (Å²) in [4.78, 5) is 0. The lowest BCUT2D eigenvalue weighted by molar-refractivity contribution is -0.00697. The summed E-state index contributed by atoms with van der Waals surface area (Å²) in [5.41, 5.74) is -0.164. The van der Waals surface area contributed by atoms with E-state index in [0.29, 0.717) is 0 Å². The van der Waals surface area contributed by atoms with Crippen LogP contribution in [0, 0.1) is 5.82 Å². The predicted molar refractivity (Wildman–Crippen MR) is 48.8 cm³/mol. The van der Waals surface area contributed by atoms with E-state index in [9.17, 15) is 13.2 Å². The highest BCUT2D eigenvalue weighted by Gasteiger charge is 2.29. The molecule has 1 aromatic carbocycles. The van der Waals surface area contributed by atoms with E-state index < -0.39 is 11.7 Å². The molecule has 0 saturated carbocycles. The number of benzene rings is 1. The van der Waals surface area contributed by atoms with E-state index in [-0.39, 0.29) is 17.7 Å². The van der Waals surface area contributed by atoms with Crippen LogP contribution in [0.5, 0.6) is 0 Å². The highest BCUT2D eigenvalue weighted by atomic mass is 32.1. The van der Waals surface area contributed by atoms with Crippen molar-refractivity contribution in [2.24, 2.45) is 0 Å². The molecule has 0 amide bonds. The van der Waals surface area contributed by atoms with Crippen LogP contribution in [-0.2, 0) is 5.92 Å². The van der Waals surface area contributed by atoms with E-state index in [1.54, 1.807) is 0 Å². The Morgan fingerprint density at radius 2 is 1.69 bits per heavy atom. The Labute approximate surface area is 80.2 Å². The largest absolute Gasteiger partial charge is 0.274 e. The minimum absolute atomic E-state index is 0.102. The second kappa shape index (κ2) is 4.05. The fourth-order valence-corrected chi connectivity index (χ4v) is 1.26. The molecule has 0 radical (unpaired) electrons. The van der Waals surface area contributed by atoms with Gasteiger partial charge in [-0.3, -0.25) is 0 Å². The van der Waals surface area contributed by atoms with Crippen LogP contribution in [0.25, 0.3) is 0 Å². The van der Waals surface area contributed by atoms with Crippen LogP contribution >= 0.6 is 12.6 Å². The number of alkyl halides is 2. The van der Waals surface area contributed by atoms with Crippen LogP contribution in [0.2, 0.25) is 0 Å². The molecule has 0 saturated heterocycles. The van der Waals surface area contributed by atoms with Crippen molar-refractivity contribution in [1.29, 1.82) is 0 Å². The van der Waals surface area contributed by atoms with Gasteiger partial charge in [-0.25, -0.2) is 13.2 Å². The fourth-order valence-electron chi connectivity index (χ4n) is 0.978. The van der Waals surface area contributed by atoms with Crippen molar-refractivity contribution in [1.82, 2.24) is 0 Å². The Balaban J connectivity index is 2.87. The first-order valence-electron chi connectivity index (χ1n) is 3.81. The molecular weight excluding hydrogens is 197 g/mol. The predicted octanol–water partition coefficient (Wildman–Crippen LogP) is 3.24. The normalized spacial score (nSPS) is 11.7. The molecule has 4 heteroatoms. The first-order chi connectivity index (χ1) is 6.06. The molecule has 0 aliphatic heterocycles. The van der Waals surface area contributed by atoms with Crippen molar-refractivity contribution in [3.8, 4) is 0 Å². The van der Waals surface area contributed by atoms with Crippen LogP contribution in [0.15, 0.2) is 24.3 Å². The molecule has 1 aromatic rings. The second-order valence-corrected chi connectivity index (χ2v) is 3.13. The Kier molecular flexibility index (Phi) is 3.25. The Morgan fingerprint density at radius 3 is 2.15 bits per heavy atom. The van der Waals surface area contributed by atoms with Crippen LogP contribution in [0.4, 0.5) is 13.2 Å². The van der Waals surface area contributed by atoms with Gasteiger partial charge in [-0.2, -0.15) is 12.6 Å². The molecule has 72 valence electrons. The van der Waals surface area contributed by atoms with Gasteiger partial charge in [0, 0.05) is 12.0 Å². The van der Waals surface area contributed by atoms with Gasteiger partial charge in [-0.05, 0) is 17.9 Å². The van der Waals surface area contributed by atoms with E-state index in [1.807, 2.05) is 0 Å². The minimum atomic E-state index is -2.91. The molecule has 0 spiro atoms. The molecule has 0 fully saturated rings. The van der Waals surface area contributed by atoms with Crippen LogP contribution < -0.4 is 0 Å². The quantitative estimate of drug-likeness (QED) is 0.721. The van der Waals surface area contributed by atoms with Crippen molar-refractivity contribution in [3.05, 3.63) is 35.6 Å². The third-order valence-corrected chi connectivity index (χ3v) is 1.92. The highest BCUT2D eigenvalue weighted by Crippen LogP contribution is 2.31. The molecule has 0 N–H and O–H groups in total. The first kappa shape index (κ1) is 10.4. The summed E-state index contributed by atoms with van der Waals surface area (Å²) >= 11 is 3.73. The van der Waals surface area contributed by atoms with Crippen molar-refractivity contribution in [3.63, 3.8) is 0 Å². The Bertz CT molecular complexity index is 269. The molecule has 0 aromatic heterocycles. The lowest BCUT2D eigenvalue weighted by Gasteiger charge is -2.14. The summed E-state index contributed by atoms with van der Waals surface area (Å²) < 4.78 is 38.6. The lowest BCUT2D eigenvalue weighted by atomic mass is 10.1. The van der Waals surface area contributed by atoms with Gasteiger partial charge in [-0.1, -0.05) is 12.1 Å². The lowest BCUT2D eigenvalue weighted by Crippen LogP contribution is -2.13. The van der Waals surface area contributed by atoms with E-state index in [2.05, 4.69) is 12.6 Å². The topological polar surface area (TPSA) is 0 Å². The van der Waals surface area contributed by atoms with Crippen molar-refractivity contribution < 1.29 is 13.2 Å². The van der Waals surface area contributed by atoms with E-state index in [1.165, 1.54) is 0 Å². The standard InChI is InChI=1S/C9H9F3S/c10-8-3-1-7(2-4-8)9(11,12)5-6-13/h1-4,13H,5-6H2. The molecule has 0 bridgehead atoms. The maximum Gasteiger partial charge on any atom is 0.274 e. The third kappa shape index (κ3) is 2.66. The number of thiol groups is 1. The highest BCUT2D eigenvalue weighted by molar-refractivity contribution is 7.80. The average molecular weight is 206 g/mol. The Morgan fingerprint density at radius 1 is 1.15 bits per heavy atom. The minimum Gasteiger partial charge on any atom is -0.207 e. The van der Waals surface area contributed by atoms with E-state index >= 15 is 0 Å². The van der Waals surface area contributed by atoms with Gasteiger partial charge in [0.05, 0.1) is 0 Å². The van der Waals surface area contributed by atoms with Gasteiger partial charge < -0.3 is 0 Å². The van der Waals surface area contributed by atoms with E-state index in [0.717, 1.165) is 24.3 Å². The molecule has 0 heterocycles. The second-order valence-electron chi connectivity index (χ2n) is 2.68. The van der Waals surface area contributed by atoms with Gasteiger partial charge in [0.15, 0.2) is 0 Å². The third-order valence-electron chi connectivity index (χ3n) is 1.69. The van der Waals surface area contributed by atoms with Gasteiger partial charge in [0.2, 0.25) is 0 Å². The van der Waals surface area contributed by atoms with Crippen molar-refractivity contribution in [2.75, 3.05) is 5.75 Å². The smallest absolute Gasteiger partial charge is 0.207 e. The number of rotatable bonds is 3. The zero-order valence-electron chi connectivity index (χ0n) is 6.80. The zero-order chi connectivity index (χ0) is 9.90. The molecule has 0 aliphatic rings. The van der Waals surface area contributed by atoms with Crippen LogP contribution in [0.3, 0.4) is 0 Å². The summed E-state index contributed by atoms with van der Waals surface area (Å²) in [7, 11) is 0. The van der Waals surface area contributed by atoms with Crippen molar-refractivity contribution >= 4 is 12.6 Å². The average Bonchev–Trinajstić information content (AvgIpc) is 2.05. The monoisotopic (exact) mass is 206 g/mol. The molecule has 0 aliphatic carbocycles. The molecule has 0 atom stereocenters. The SMILES string of the molecule is Fc1ccc(C(F)(F)CCS)cc1. The number of hydrogen-bond acceptors (Lipinski definition) is 1. The van der Waals surface area contributed by atoms with Gasteiger partial charge in [0.1, 0.15) is 5.82 Å². The molecule has 0 nitrogen and oxygen atoms in total. The maximum absolute atomic E-state index is 13.1. The maximum atomic E-state index is 13.1. The zero-order valence-corrected chi connectivity index (χ0v) is 7.70. The van der Waals surface area contributed by atoms with Crippen LogP contribution in [0.1, 0.15) is 12.0 Å². The molecular formula is C9H9F3S. The molecule has 13 heavy (non-hydrogen) atoms. The van der Waals surface area contributed by atoms with Gasteiger partial charge in [-0.15, -0.1) is 0 Å².